The highest BCUT2D eigenvalue weighted by Crippen LogP contribution is 2.29. The predicted octanol–water partition coefficient (Wildman–Crippen LogP) is 3.34. The number of nitrogens with zero attached hydrogens (tertiary/aromatic N) is 6. The fraction of sp³-hybridized carbons (Fsp3) is 0.200. The van der Waals surface area contributed by atoms with Crippen molar-refractivity contribution in [2.75, 3.05) is 11.9 Å². The molecule has 27 heavy (non-hydrogen) atoms. The van der Waals surface area contributed by atoms with Crippen LogP contribution in [0.4, 0.5) is 5.69 Å². The van der Waals surface area contributed by atoms with Gasteiger partial charge in [-0.15, -0.1) is 0 Å². The number of anilines is 1. The lowest BCUT2D eigenvalue weighted by molar-refractivity contribution is 0.654. The lowest BCUT2D eigenvalue weighted by Crippen LogP contribution is -2.12. The van der Waals surface area contributed by atoms with Gasteiger partial charge in [-0.25, -0.2) is 14.6 Å². The van der Waals surface area contributed by atoms with Crippen molar-refractivity contribution in [1.82, 2.24) is 29.3 Å². The fourth-order valence-electron chi connectivity index (χ4n) is 3.06. The molecule has 7 nitrogen and oxygen atoms in total. The van der Waals surface area contributed by atoms with E-state index in [1.54, 1.807) is 12.5 Å². The number of hydrogen-bond donors (Lipinski definition) is 1. The molecule has 0 aliphatic heterocycles. The van der Waals surface area contributed by atoms with Gasteiger partial charge < -0.3 is 9.88 Å². The summed E-state index contributed by atoms with van der Waals surface area (Å²) in [4.78, 5) is 13.3. The van der Waals surface area contributed by atoms with Crippen molar-refractivity contribution >= 4 is 5.69 Å². The van der Waals surface area contributed by atoms with Gasteiger partial charge in [0, 0.05) is 37.6 Å². The molecule has 0 amide bonds. The van der Waals surface area contributed by atoms with Crippen LogP contribution in [0, 0.1) is 0 Å². The quantitative estimate of drug-likeness (QED) is 0.548. The van der Waals surface area contributed by atoms with E-state index in [1.807, 2.05) is 47.5 Å². The molecule has 0 radical (unpaired) electrons. The molecule has 3 aromatic heterocycles. The van der Waals surface area contributed by atoms with Crippen LogP contribution >= 0.6 is 0 Å². The van der Waals surface area contributed by atoms with Crippen LogP contribution in [0.3, 0.4) is 0 Å². The van der Waals surface area contributed by atoms with Crippen LogP contribution in [0.5, 0.6) is 0 Å². The van der Waals surface area contributed by atoms with Gasteiger partial charge in [0.25, 0.3) is 0 Å². The molecule has 7 heteroatoms. The largest absolute Gasteiger partial charge is 0.382 e. The minimum Gasteiger partial charge on any atom is -0.382 e. The molecule has 136 valence electrons. The van der Waals surface area contributed by atoms with E-state index in [1.165, 1.54) is 0 Å². The second-order valence-electron chi connectivity index (χ2n) is 6.07. The van der Waals surface area contributed by atoms with E-state index in [2.05, 4.69) is 49.0 Å². The predicted molar refractivity (Wildman–Crippen MR) is 105 cm³/mol. The molecule has 0 unspecified atom stereocenters. The second-order valence-corrected chi connectivity index (χ2v) is 6.07. The van der Waals surface area contributed by atoms with Crippen LogP contribution in [0.2, 0.25) is 0 Å². The molecular formula is C20H21N7. The van der Waals surface area contributed by atoms with E-state index in [9.17, 15) is 0 Å². The molecule has 0 bridgehead atoms. The van der Waals surface area contributed by atoms with E-state index >= 15 is 0 Å². The Balaban J connectivity index is 1.66. The van der Waals surface area contributed by atoms with Gasteiger partial charge in [-0.05, 0) is 19.1 Å². The summed E-state index contributed by atoms with van der Waals surface area (Å²) in [5.41, 5.74) is 3.96. The maximum absolute atomic E-state index is 4.69. The Morgan fingerprint density at radius 2 is 1.93 bits per heavy atom. The lowest BCUT2D eigenvalue weighted by atomic mass is 10.1. The molecule has 0 atom stereocenters. The van der Waals surface area contributed by atoms with Gasteiger partial charge in [0.2, 0.25) is 0 Å². The molecular weight excluding hydrogens is 338 g/mol. The first-order valence-corrected chi connectivity index (χ1v) is 8.99. The number of rotatable bonds is 7. The number of pyridine rings is 1. The van der Waals surface area contributed by atoms with E-state index in [4.69, 9.17) is 0 Å². The summed E-state index contributed by atoms with van der Waals surface area (Å²) >= 11 is 0. The summed E-state index contributed by atoms with van der Waals surface area (Å²) in [7, 11) is 0. The van der Waals surface area contributed by atoms with Gasteiger partial charge in [-0.1, -0.05) is 30.3 Å². The van der Waals surface area contributed by atoms with Crippen molar-refractivity contribution in [2.24, 2.45) is 0 Å². The SMILES string of the molecule is CCn1ncnc1-c1c(-c2ccccc2)ncn1CCNc1cccnc1. The number of aromatic nitrogens is 6. The molecule has 0 saturated carbocycles. The highest BCUT2D eigenvalue weighted by atomic mass is 15.3. The van der Waals surface area contributed by atoms with Gasteiger partial charge in [0.1, 0.15) is 12.0 Å². The Kier molecular flexibility index (Phi) is 4.91. The van der Waals surface area contributed by atoms with Crippen LogP contribution < -0.4 is 5.32 Å². The third-order valence-corrected chi connectivity index (χ3v) is 4.36. The number of aryl methyl sites for hydroxylation is 1. The van der Waals surface area contributed by atoms with E-state index in [0.29, 0.717) is 0 Å². The van der Waals surface area contributed by atoms with Crippen molar-refractivity contribution in [1.29, 1.82) is 0 Å². The van der Waals surface area contributed by atoms with Crippen molar-refractivity contribution in [3.63, 3.8) is 0 Å². The average Bonchev–Trinajstić information content (AvgIpc) is 3.35. The monoisotopic (exact) mass is 359 g/mol. The molecule has 0 aliphatic carbocycles. The number of benzene rings is 1. The van der Waals surface area contributed by atoms with E-state index in [0.717, 1.165) is 48.1 Å². The molecule has 1 aromatic carbocycles. The third kappa shape index (κ3) is 3.57. The number of hydrogen-bond acceptors (Lipinski definition) is 5. The van der Waals surface area contributed by atoms with Crippen LogP contribution in [0.1, 0.15) is 6.92 Å². The topological polar surface area (TPSA) is 73.5 Å². The summed E-state index contributed by atoms with van der Waals surface area (Å²) in [6.07, 6.45) is 7.05. The summed E-state index contributed by atoms with van der Waals surface area (Å²) in [5.74, 6) is 0.829. The normalized spacial score (nSPS) is 10.9. The summed E-state index contributed by atoms with van der Waals surface area (Å²) in [6, 6.07) is 14.1. The van der Waals surface area contributed by atoms with Gasteiger partial charge in [0.15, 0.2) is 5.82 Å². The maximum Gasteiger partial charge on any atom is 0.177 e. The highest BCUT2D eigenvalue weighted by molar-refractivity contribution is 5.75. The molecule has 0 spiro atoms. The second kappa shape index (κ2) is 7.82. The van der Waals surface area contributed by atoms with Gasteiger partial charge >= 0.3 is 0 Å². The van der Waals surface area contributed by atoms with Crippen molar-refractivity contribution in [3.05, 3.63) is 67.5 Å². The van der Waals surface area contributed by atoms with Gasteiger partial charge in [-0.2, -0.15) is 5.10 Å². The Morgan fingerprint density at radius 1 is 1.04 bits per heavy atom. The first kappa shape index (κ1) is 17.0. The molecule has 3 heterocycles. The summed E-state index contributed by atoms with van der Waals surface area (Å²) < 4.78 is 4.02. The van der Waals surface area contributed by atoms with Crippen LogP contribution in [-0.2, 0) is 13.1 Å². The van der Waals surface area contributed by atoms with Gasteiger partial charge in [0.05, 0.1) is 17.7 Å². The molecule has 0 fully saturated rings. The highest BCUT2D eigenvalue weighted by Gasteiger charge is 2.19. The molecule has 4 rings (SSSR count). The molecule has 0 aliphatic rings. The zero-order chi connectivity index (χ0) is 18.5. The van der Waals surface area contributed by atoms with Gasteiger partial charge in [-0.3, -0.25) is 4.98 Å². The fourth-order valence-corrected chi connectivity index (χ4v) is 3.06. The Morgan fingerprint density at radius 3 is 2.70 bits per heavy atom. The zero-order valence-electron chi connectivity index (χ0n) is 15.2. The Hall–Kier alpha value is -3.48. The molecule has 1 N–H and O–H groups in total. The Labute approximate surface area is 157 Å². The standard InChI is InChI=1S/C20H21N7/c1-2-27-20(23-14-25-27)19-18(16-7-4-3-5-8-16)24-15-26(19)12-11-22-17-9-6-10-21-13-17/h3-10,13-15,22H,2,11-12H2,1H3. The zero-order valence-corrected chi connectivity index (χ0v) is 15.2. The molecule has 0 saturated heterocycles. The average molecular weight is 359 g/mol. The van der Waals surface area contributed by atoms with E-state index < -0.39 is 0 Å². The van der Waals surface area contributed by atoms with Crippen LogP contribution in [-0.4, -0.2) is 35.8 Å². The van der Waals surface area contributed by atoms with E-state index in [-0.39, 0.29) is 0 Å². The summed E-state index contributed by atoms with van der Waals surface area (Å²) in [6.45, 7) is 4.32. The Bertz CT molecular complexity index is 990. The lowest BCUT2D eigenvalue weighted by Gasteiger charge is -2.12. The summed E-state index contributed by atoms with van der Waals surface area (Å²) in [5, 5.41) is 7.72. The first-order chi connectivity index (χ1) is 13.4. The molecule has 4 aromatic rings. The van der Waals surface area contributed by atoms with Crippen LogP contribution in [0.15, 0.2) is 67.5 Å². The minimum absolute atomic E-state index is 0.751. The number of nitrogens with one attached hydrogen (secondary N) is 1. The van der Waals surface area contributed by atoms with Crippen molar-refractivity contribution < 1.29 is 0 Å². The number of imidazole rings is 1. The van der Waals surface area contributed by atoms with Crippen molar-refractivity contribution in [3.8, 4) is 22.8 Å². The van der Waals surface area contributed by atoms with Crippen LogP contribution in [0.25, 0.3) is 22.8 Å². The minimum atomic E-state index is 0.751. The maximum atomic E-state index is 4.69. The van der Waals surface area contributed by atoms with Crippen molar-refractivity contribution in [2.45, 2.75) is 20.0 Å². The third-order valence-electron chi connectivity index (χ3n) is 4.36. The smallest absolute Gasteiger partial charge is 0.177 e. The first-order valence-electron chi connectivity index (χ1n) is 8.99.